The molecule has 0 spiro atoms. The van der Waals surface area contributed by atoms with Gasteiger partial charge in [-0.25, -0.2) is 4.98 Å². The Labute approximate surface area is 131 Å². The third kappa shape index (κ3) is 4.35. The summed E-state index contributed by atoms with van der Waals surface area (Å²) in [6, 6.07) is 1.33. The lowest BCUT2D eigenvalue weighted by molar-refractivity contribution is -0.145. The molecule has 0 aliphatic carbocycles. The number of rotatable bonds is 7. The lowest BCUT2D eigenvalue weighted by Crippen LogP contribution is -2.17. The molecule has 0 aromatic carbocycles. The van der Waals surface area contributed by atoms with Crippen molar-refractivity contribution in [1.82, 2.24) is 14.6 Å². The Balaban J connectivity index is 2.11. The van der Waals surface area contributed by atoms with E-state index >= 15 is 0 Å². The van der Waals surface area contributed by atoms with Crippen LogP contribution >= 0.6 is 11.3 Å². The van der Waals surface area contributed by atoms with Crippen molar-refractivity contribution in [3.05, 3.63) is 27.1 Å². The number of carbonyl (C=O) groups excluding carboxylic acids is 1. The molecule has 22 heavy (non-hydrogen) atoms. The maximum absolute atomic E-state index is 12.0. The summed E-state index contributed by atoms with van der Waals surface area (Å²) in [7, 11) is 0. The van der Waals surface area contributed by atoms with Gasteiger partial charge in [-0.3, -0.25) is 9.59 Å². The predicted molar refractivity (Wildman–Crippen MR) is 81.7 cm³/mol. The highest BCUT2D eigenvalue weighted by Gasteiger charge is 2.11. The molecule has 2 aromatic heterocycles. The Kier molecular flexibility index (Phi) is 5.62. The first-order valence-corrected chi connectivity index (χ1v) is 7.93. The molecule has 0 amide bonds. The van der Waals surface area contributed by atoms with Gasteiger partial charge < -0.3 is 9.47 Å². The molecule has 0 aliphatic rings. The van der Waals surface area contributed by atoms with Gasteiger partial charge in [0.15, 0.2) is 0 Å². The van der Waals surface area contributed by atoms with E-state index in [1.54, 1.807) is 0 Å². The second-order valence-electron chi connectivity index (χ2n) is 5.17. The third-order valence-electron chi connectivity index (χ3n) is 2.73. The molecule has 0 bridgehead atoms. The molecule has 0 radical (unpaired) electrons. The van der Waals surface area contributed by atoms with Crippen LogP contribution in [0, 0.1) is 5.92 Å². The first-order valence-electron chi connectivity index (χ1n) is 7.11. The Morgan fingerprint density at radius 3 is 2.86 bits per heavy atom. The van der Waals surface area contributed by atoms with Gasteiger partial charge >= 0.3 is 5.97 Å². The van der Waals surface area contributed by atoms with Gasteiger partial charge in [0, 0.05) is 19.1 Å². The molecule has 2 aromatic rings. The molecule has 0 fully saturated rings. The first-order chi connectivity index (χ1) is 10.5. The van der Waals surface area contributed by atoms with E-state index < -0.39 is 0 Å². The summed E-state index contributed by atoms with van der Waals surface area (Å²) in [5.41, 5.74) is 0.132. The topological polar surface area (TPSA) is 82.8 Å². The van der Waals surface area contributed by atoms with Gasteiger partial charge in [0.25, 0.3) is 5.56 Å². The highest BCUT2D eigenvalue weighted by Crippen LogP contribution is 2.13. The molecule has 2 rings (SSSR count). The monoisotopic (exact) mass is 325 g/mol. The fraction of sp³-hybridized carbons (Fsp3) is 0.571. The standard InChI is InChI=1S/C14H19N3O4S/c1-4-20-8-11-16-17-12(18)6-10(15-14(17)22-11)7-21-13(19)5-9(2)3/h6,9H,4-5,7-8H2,1-3H3. The SMILES string of the molecule is CCOCc1nn2c(=O)cc(COC(=O)CC(C)C)nc2s1. The number of ether oxygens (including phenoxy) is 2. The summed E-state index contributed by atoms with van der Waals surface area (Å²) >= 11 is 1.29. The minimum atomic E-state index is -0.293. The van der Waals surface area contributed by atoms with Crippen LogP contribution in [0.1, 0.15) is 37.9 Å². The van der Waals surface area contributed by atoms with Gasteiger partial charge in [-0.2, -0.15) is 9.61 Å². The lowest BCUT2D eigenvalue weighted by atomic mass is 10.1. The van der Waals surface area contributed by atoms with Gasteiger partial charge in [0.2, 0.25) is 4.96 Å². The minimum absolute atomic E-state index is 0.00398. The normalized spacial score (nSPS) is 11.3. The second-order valence-corrected chi connectivity index (χ2v) is 6.21. The predicted octanol–water partition coefficient (Wildman–Crippen LogP) is 1.78. The summed E-state index contributed by atoms with van der Waals surface area (Å²) in [6.45, 7) is 6.69. The Hall–Kier alpha value is -1.80. The van der Waals surface area contributed by atoms with E-state index in [9.17, 15) is 9.59 Å². The molecule has 0 saturated carbocycles. The van der Waals surface area contributed by atoms with Crippen LogP contribution in [0.15, 0.2) is 10.9 Å². The number of nitrogens with zero attached hydrogens (tertiary/aromatic N) is 3. The molecule has 0 atom stereocenters. The average Bonchev–Trinajstić information content (AvgIpc) is 2.86. The summed E-state index contributed by atoms with van der Waals surface area (Å²) < 4.78 is 11.6. The van der Waals surface area contributed by atoms with Gasteiger partial charge in [0.05, 0.1) is 5.69 Å². The second kappa shape index (κ2) is 7.46. The molecule has 0 saturated heterocycles. The fourth-order valence-electron chi connectivity index (χ4n) is 1.76. The zero-order valence-corrected chi connectivity index (χ0v) is 13.7. The summed E-state index contributed by atoms with van der Waals surface area (Å²) in [5, 5.41) is 4.83. The molecule has 2 heterocycles. The Morgan fingerprint density at radius 2 is 2.18 bits per heavy atom. The van der Waals surface area contributed by atoms with Crippen LogP contribution in [0.2, 0.25) is 0 Å². The highest BCUT2D eigenvalue weighted by molar-refractivity contribution is 7.16. The van der Waals surface area contributed by atoms with E-state index in [-0.39, 0.29) is 24.1 Å². The fourth-order valence-corrected chi connectivity index (χ4v) is 2.62. The van der Waals surface area contributed by atoms with Crippen molar-refractivity contribution < 1.29 is 14.3 Å². The Bertz CT molecular complexity index is 708. The minimum Gasteiger partial charge on any atom is -0.459 e. The lowest BCUT2D eigenvalue weighted by Gasteiger charge is -2.05. The van der Waals surface area contributed by atoms with E-state index in [2.05, 4.69) is 10.1 Å². The van der Waals surface area contributed by atoms with Crippen LogP contribution in [0.5, 0.6) is 0 Å². The summed E-state index contributed by atoms with van der Waals surface area (Å²) in [4.78, 5) is 28.3. The van der Waals surface area contributed by atoms with Crippen molar-refractivity contribution in [2.75, 3.05) is 6.61 Å². The zero-order chi connectivity index (χ0) is 16.1. The molecule has 0 aliphatic heterocycles. The summed E-state index contributed by atoms with van der Waals surface area (Å²) in [5.74, 6) is -0.0606. The number of hydrogen-bond donors (Lipinski definition) is 0. The number of carbonyl (C=O) groups is 1. The van der Waals surface area contributed by atoms with E-state index in [4.69, 9.17) is 9.47 Å². The largest absolute Gasteiger partial charge is 0.459 e. The molecule has 0 unspecified atom stereocenters. The Morgan fingerprint density at radius 1 is 1.41 bits per heavy atom. The molecule has 120 valence electrons. The summed E-state index contributed by atoms with van der Waals surface area (Å²) in [6.07, 6.45) is 0.348. The van der Waals surface area contributed by atoms with Crippen LogP contribution in [0.25, 0.3) is 4.96 Å². The first kappa shape index (κ1) is 16.6. The van der Waals surface area contributed by atoms with E-state index in [1.807, 2.05) is 20.8 Å². The number of fused-ring (bicyclic) bond motifs is 1. The number of aromatic nitrogens is 3. The van der Waals surface area contributed by atoms with Crippen molar-refractivity contribution in [1.29, 1.82) is 0 Å². The number of esters is 1. The average molecular weight is 325 g/mol. The molecule has 0 N–H and O–H groups in total. The highest BCUT2D eigenvalue weighted by atomic mass is 32.1. The molecular formula is C14H19N3O4S. The van der Waals surface area contributed by atoms with Gasteiger partial charge in [-0.1, -0.05) is 25.2 Å². The van der Waals surface area contributed by atoms with Crippen molar-refractivity contribution in [2.24, 2.45) is 5.92 Å². The van der Waals surface area contributed by atoms with Crippen LogP contribution in [0.3, 0.4) is 0 Å². The maximum atomic E-state index is 12.0. The smallest absolute Gasteiger partial charge is 0.306 e. The van der Waals surface area contributed by atoms with Gasteiger partial charge in [0.1, 0.15) is 18.2 Å². The molecular weight excluding hydrogens is 306 g/mol. The van der Waals surface area contributed by atoms with Crippen molar-refractivity contribution in [2.45, 2.75) is 40.4 Å². The molecule has 8 heteroatoms. The maximum Gasteiger partial charge on any atom is 0.306 e. The quantitative estimate of drug-likeness (QED) is 0.722. The van der Waals surface area contributed by atoms with E-state index in [1.165, 1.54) is 21.9 Å². The van der Waals surface area contributed by atoms with Crippen molar-refractivity contribution in [3.63, 3.8) is 0 Å². The third-order valence-corrected chi connectivity index (χ3v) is 3.61. The van der Waals surface area contributed by atoms with Crippen LogP contribution in [0.4, 0.5) is 0 Å². The van der Waals surface area contributed by atoms with Crippen LogP contribution in [-0.2, 0) is 27.5 Å². The van der Waals surface area contributed by atoms with E-state index in [0.29, 0.717) is 35.3 Å². The van der Waals surface area contributed by atoms with Crippen molar-refractivity contribution >= 4 is 22.3 Å². The van der Waals surface area contributed by atoms with Crippen LogP contribution < -0.4 is 5.56 Å². The molecule has 7 nitrogen and oxygen atoms in total. The van der Waals surface area contributed by atoms with Gasteiger partial charge in [-0.05, 0) is 12.8 Å². The van der Waals surface area contributed by atoms with Crippen LogP contribution in [-0.4, -0.2) is 27.2 Å². The number of hydrogen-bond acceptors (Lipinski definition) is 7. The zero-order valence-electron chi connectivity index (χ0n) is 12.9. The van der Waals surface area contributed by atoms with Crippen molar-refractivity contribution in [3.8, 4) is 0 Å². The van der Waals surface area contributed by atoms with Gasteiger partial charge in [-0.15, -0.1) is 0 Å². The van der Waals surface area contributed by atoms with E-state index in [0.717, 1.165) is 0 Å².